The molecule has 1 aliphatic rings. The molecule has 288 valence electrons. The predicted molar refractivity (Wildman–Crippen MR) is 225 cm³/mol. The van der Waals surface area contributed by atoms with Gasteiger partial charge in [-0.1, -0.05) is 85.3 Å². The Morgan fingerprint density at radius 2 is 1.93 bits per heavy atom. The summed E-state index contributed by atoms with van der Waals surface area (Å²) in [5.74, 6) is 1.39. The summed E-state index contributed by atoms with van der Waals surface area (Å²) in [6, 6.07) is 23.1. The molecule has 8 nitrogen and oxygen atoms in total. The number of halogens is 2. The van der Waals surface area contributed by atoms with Gasteiger partial charge in [0.25, 0.3) is 10.0 Å². The number of carbonyl (C=O) groups is 1. The van der Waals surface area contributed by atoms with Crippen LogP contribution in [0.15, 0.2) is 120 Å². The van der Waals surface area contributed by atoms with Crippen LogP contribution in [0.25, 0.3) is 28.2 Å². The Morgan fingerprint density at radius 1 is 1.13 bits per heavy atom. The summed E-state index contributed by atoms with van der Waals surface area (Å²) >= 11 is 5.25. The maximum absolute atomic E-state index is 15.0. The van der Waals surface area contributed by atoms with E-state index < -0.39 is 20.6 Å². The molecule has 0 aliphatic heterocycles. The number of carbonyl (C=O) groups excluding carboxylic acids is 1. The topological polar surface area (TPSA) is 92.4 Å². The number of ether oxygens (including phenoxy) is 2. The average molecular weight is 847 g/mol. The highest BCUT2D eigenvalue weighted by molar-refractivity contribution is 9.10. The van der Waals surface area contributed by atoms with E-state index in [1.54, 1.807) is 42.1 Å². The highest BCUT2D eigenvalue weighted by atomic mass is 79.9. The van der Waals surface area contributed by atoms with Gasteiger partial charge >= 0.3 is 5.97 Å². The molecule has 1 aliphatic carbocycles. The van der Waals surface area contributed by atoms with Crippen LogP contribution in [0.1, 0.15) is 63.6 Å². The van der Waals surface area contributed by atoms with Crippen molar-refractivity contribution in [2.24, 2.45) is 5.41 Å². The van der Waals surface area contributed by atoms with Crippen molar-refractivity contribution in [3.8, 4) is 22.8 Å². The summed E-state index contributed by atoms with van der Waals surface area (Å²) in [7, 11) is -2.73. The Hall–Kier alpha value is -4.39. The number of methoxy groups -OCH3 is 1. The van der Waals surface area contributed by atoms with E-state index in [1.807, 2.05) is 53.3 Å². The second-order valence-electron chi connectivity index (χ2n) is 14.6. The van der Waals surface area contributed by atoms with E-state index in [-0.39, 0.29) is 23.8 Å². The number of nitrogens with zero attached hydrogens (tertiary/aromatic N) is 3. The lowest BCUT2D eigenvalue weighted by atomic mass is 9.88. The Kier molecular flexibility index (Phi) is 12.3. The molecular weight excluding hydrogens is 802 g/mol. The molecule has 6 rings (SSSR count). The fourth-order valence-electron chi connectivity index (χ4n) is 6.86. The van der Waals surface area contributed by atoms with Crippen LogP contribution in [0, 0.1) is 5.41 Å². The molecule has 12 heteroatoms. The highest BCUT2D eigenvalue weighted by Crippen LogP contribution is 2.40. The van der Waals surface area contributed by atoms with Crippen molar-refractivity contribution >= 4 is 60.7 Å². The summed E-state index contributed by atoms with van der Waals surface area (Å²) in [6.45, 7) is 9.87. The second kappa shape index (κ2) is 16.8. The first-order valence-electron chi connectivity index (χ1n) is 18.0. The van der Waals surface area contributed by atoms with E-state index in [1.165, 1.54) is 32.4 Å². The van der Waals surface area contributed by atoms with E-state index in [0.29, 0.717) is 33.7 Å². The molecule has 0 fully saturated rings. The maximum atomic E-state index is 15.0. The zero-order valence-electron chi connectivity index (χ0n) is 31.4. The standard InChI is InChI=1S/C43H45BrFN3O5S2/c1-6-34-35-20-25-48(55(50,51)43(4)23-8-7-17-40(43)45)38(35)18-19-39(34)53-33-15-10-12-30(27-33)36-21-24-47(46-36)37(31-13-9-14-32(44)26-31)16-11-22-42(2,3)29-54-28-41(49)52-5/h6-10,12-15,17-21,24-27,37H,1,11,16,22-23,28-29H2,2-5H3. The predicted octanol–water partition coefficient (Wildman–Crippen LogP) is 11.1. The Balaban J connectivity index is 1.22. The normalized spacial score (nSPS) is 16.5. The lowest BCUT2D eigenvalue weighted by Gasteiger charge is -2.29. The van der Waals surface area contributed by atoms with Crippen molar-refractivity contribution in [1.29, 1.82) is 0 Å². The van der Waals surface area contributed by atoms with Crippen LogP contribution in [0.3, 0.4) is 0 Å². The van der Waals surface area contributed by atoms with Crippen molar-refractivity contribution < 1.29 is 27.1 Å². The smallest absolute Gasteiger partial charge is 0.315 e. The summed E-state index contributed by atoms with van der Waals surface area (Å²) in [6.07, 6.45) is 12.4. The van der Waals surface area contributed by atoms with Crippen LogP contribution in [0.5, 0.6) is 11.5 Å². The fourth-order valence-corrected chi connectivity index (χ4v) is 10.1. The number of hydrogen-bond acceptors (Lipinski definition) is 7. The molecule has 0 radical (unpaired) electrons. The molecule has 0 bridgehead atoms. The lowest BCUT2D eigenvalue weighted by Crippen LogP contribution is -2.40. The SMILES string of the molecule is C=Cc1c(Oc2cccc(-c3ccn(C(CCCC(C)(C)CSCC(=O)OC)c4cccc(Br)c4)n3)c2)ccc2c1ccn2S(=O)(=O)C1(C)CC=CC=C1F. The number of benzene rings is 3. The van der Waals surface area contributed by atoms with Gasteiger partial charge in [-0.05, 0) is 97.5 Å². The van der Waals surface area contributed by atoms with Crippen LogP contribution in [0.2, 0.25) is 0 Å². The third kappa shape index (κ3) is 8.71. The van der Waals surface area contributed by atoms with Gasteiger partial charge in [-0.25, -0.2) is 16.8 Å². The van der Waals surface area contributed by atoms with E-state index in [9.17, 15) is 17.6 Å². The first-order valence-corrected chi connectivity index (χ1v) is 21.4. The number of thioether (sulfide) groups is 1. The Bertz CT molecular complexity index is 2380. The largest absolute Gasteiger partial charge is 0.468 e. The second-order valence-corrected chi connectivity index (χ2v) is 18.8. The molecule has 0 saturated carbocycles. The third-order valence-electron chi connectivity index (χ3n) is 10.1. The minimum Gasteiger partial charge on any atom is -0.468 e. The summed E-state index contributed by atoms with van der Waals surface area (Å²) in [4.78, 5) is 11.6. The van der Waals surface area contributed by atoms with E-state index in [0.717, 1.165) is 50.3 Å². The summed E-state index contributed by atoms with van der Waals surface area (Å²) in [5.41, 5.74) is 3.89. The Labute approximate surface area is 335 Å². The van der Waals surface area contributed by atoms with Crippen molar-refractivity contribution in [2.75, 3.05) is 18.6 Å². The van der Waals surface area contributed by atoms with Gasteiger partial charge in [0.1, 0.15) is 22.1 Å². The molecule has 3 aromatic carbocycles. The van der Waals surface area contributed by atoms with Crippen LogP contribution in [-0.2, 0) is 19.6 Å². The van der Waals surface area contributed by atoms with Crippen molar-refractivity contribution in [1.82, 2.24) is 13.8 Å². The maximum Gasteiger partial charge on any atom is 0.315 e. The zero-order chi connectivity index (χ0) is 39.4. The molecule has 2 aromatic heterocycles. The molecule has 2 heterocycles. The quantitative estimate of drug-likeness (QED) is 0.0913. The van der Waals surface area contributed by atoms with Crippen molar-refractivity contribution in [2.45, 2.75) is 57.2 Å². The molecule has 0 amide bonds. The fraction of sp³-hybridized carbons (Fsp3) is 0.302. The molecule has 0 N–H and O–H groups in total. The summed E-state index contributed by atoms with van der Waals surface area (Å²) in [5, 5.41) is 5.68. The van der Waals surface area contributed by atoms with Crippen molar-refractivity contribution in [3.05, 3.63) is 131 Å². The number of hydrogen-bond donors (Lipinski definition) is 0. The van der Waals surface area contributed by atoms with Crippen LogP contribution < -0.4 is 4.74 Å². The van der Waals surface area contributed by atoms with Gasteiger partial charge < -0.3 is 9.47 Å². The zero-order valence-corrected chi connectivity index (χ0v) is 34.6. The van der Waals surface area contributed by atoms with Crippen molar-refractivity contribution in [3.63, 3.8) is 0 Å². The van der Waals surface area contributed by atoms with Gasteiger partial charge in [0.05, 0.1) is 30.1 Å². The number of aromatic nitrogens is 3. The van der Waals surface area contributed by atoms with Gasteiger partial charge in [-0.3, -0.25) is 9.48 Å². The van der Waals surface area contributed by atoms with Gasteiger partial charge in [0, 0.05) is 33.4 Å². The molecule has 2 atom stereocenters. The Morgan fingerprint density at radius 3 is 2.67 bits per heavy atom. The first-order chi connectivity index (χ1) is 26.3. The monoisotopic (exact) mass is 845 g/mol. The van der Waals surface area contributed by atoms with Gasteiger partial charge in [-0.2, -0.15) is 5.10 Å². The number of allylic oxidation sites excluding steroid dienone is 3. The van der Waals surface area contributed by atoms with E-state index in [4.69, 9.17) is 14.6 Å². The molecular formula is C43H45BrFN3O5S2. The van der Waals surface area contributed by atoms with Crippen LogP contribution in [0.4, 0.5) is 4.39 Å². The lowest BCUT2D eigenvalue weighted by molar-refractivity contribution is -0.137. The molecule has 0 spiro atoms. The number of rotatable bonds is 16. The molecule has 2 unspecified atom stereocenters. The average Bonchev–Trinajstić information content (AvgIpc) is 3.83. The van der Waals surface area contributed by atoms with Crippen LogP contribution >= 0.6 is 27.7 Å². The number of fused-ring (bicyclic) bond motifs is 1. The third-order valence-corrected chi connectivity index (χ3v) is 14.3. The van der Waals surface area contributed by atoms with Gasteiger partial charge in [0.2, 0.25) is 0 Å². The highest BCUT2D eigenvalue weighted by Gasteiger charge is 2.45. The first kappa shape index (κ1) is 40.3. The van der Waals surface area contributed by atoms with Gasteiger partial charge in [-0.15, -0.1) is 11.8 Å². The summed E-state index contributed by atoms with van der Waals surface area (Å²) < 4.78 is 56.2. The van der Waals surface area contributed by atoms with E-state index in [2.05, 4.69) is 48.5 Å². The van der Waals surface area contributed by atoms with E-state index >= 15 is 0 Å². The molecule has 0 saturated heterocycles. The molecule has 5 aromatic rings. The number of esters is 1. The minimum atomic E-state index is -4.15. The van der Waals surface area contributed by atoms with Crippen LogP contribution in [-0.4, -0.2) is 51.5 Å². The molecule has 55 heavy (non-hydrogen) atoms. The minimum absolute atomic E-state index is 0.00637. The van der Waals surface area contributed by atoms with Gasteiger partial charge in [0.15, 0.2) is 0 Å².